The molecule has 0 fully saturated rings. The lowest BCUT2D eigenvalue weighted by atomic mass is 10.1. The van der Waals surface area contributed by atoms with Crippen molar-refractivity contribution in [2.24, 2.45) is 0 Å². The van der Waals surface area contributed by atoms with Gasteiger partial charge in [-0.3, -0.25) is 4.68 Å². The maximum absolute atomic E-state index is 6.01. The second-order valence-electron chi connectivity index (χ2n) is 5.69. The molecule has 102 valence electrons. The molecule has 1 aromatic heterocycles. The van der Waals surface area contributed by atoms with Gasteiger partial charge in [-0.1, -0.05) is 18.2 Å². The highest BCUT2D eigenvalue weighted by molar-refractivity contribution is 5.81. The number of ether oxygens (including phenoxy) is 1. The molecule has 0 radical (unpaired) electrons. The monoisotopic (exact) mass is 260 g/mol. The molecule has 2 heterocycles. The molecular formula is C15H22N3O+. The number of hydrogen-bond acceptors (Lipinski definition) is 2. The van der Waals surface area contributed by atoms with E-state index in [1.165, 1.54) is 16.0 Å². The molecule has 0 saturated heterocycles. The average molecular weight is 260 g/mol. The summed E-state index contributed by atoms with van der Waals surface area (Å²) in [6.07, 6.45) is 0.156. The fourth-order valence-electron chi connectivity index (χ4n) is 2.65. The fraction of sp³-hybridized carbons (Fsp3) is 0.533. The summed E-state index contributed by atoms with van der Waals surface area (Å²) in [5.41, 5.74) is 2.33. The summed E-state index contributed by atoms with van der Waals surface area (Å²) in [7, 11) is 2.23. The van der Waals surface area contributed by atoms with Crippen molar-refractivity contribution in [2.45, 2.75) is 32.5 Å². The van der Waals surface area contributed by atoms with E-state index in [-0.39, 0.29) is 6.10 Å². The third kappa shape index (κ3) is 2.26. The standard InChI is InChI=1S/C15H21N3O/c1-11(2)17(3)10-14-15-12-6-4-5-7-13(12)16-18(15)8-9-19-14/h4-7,11,14H,8-10H2,1-3H3/p+1. The van der Waals surface area contributed by atoms with E-state index < -0.39 is 0 Å². The van der Waals surface area contributed by atoms with Crippen molar-refractivity contribution in [1.29, 1.82) is 0 Å². The first-order chi connectivity index (χ1) is 9.16. The molecular weight excluding hydrogens is 238 g/mol. The van der Waals surface area contributed by atoms with Crippen molar-refractivity contribution in [2.75, 3.05) is 20.2 Å². The maximum Gasteiger partial charge on any atom is 0.148 e. The van der Waals surface area contributed by atoms with Crippen LogP contribution in [0.2, 0.25) is 0 Å². The molecule has 1 aliphatic rings. The van der Waals surface area contributed by atoms with Gasteiger partial charge in [0.2, 0.25) is 0 Å². The zero-order valence-electron chi connectivity index (χ0n) is 11.9. The Bertz CT molecular complexity index is 576. The highest BCUT2D eigenvalue weighted by Crippen LogP contribution is 2.28. The smallest absolute Gasteiger partial charge is 0.148 e. The lowest BCUT2D eigenvalue weighted by Crippen LogP contribution is -3.12. The van der Waals surface area contributed by atoms with E-state index in [1.807, 2.05) is 6.07 Å². The lowest BCUT2D eigenvalue weighted by Gasteiger charge is -2.28. The molecule has 0 spiro atoms. The van der Waals surface area contributed by atoms with Crippen LogP contribution in [0.25, 0.3) is 10.9 Å². The van der Waals surface area contributed by atoms with E-state index in [0.717, 1.165) is 25.2 Å². The van der Waals surface area contributed by atoms with Gasteiger partial charge in [-0.2, -0.15) is 5.10 Å². The van der Waals surface area contributed by atoms with Crippen LogP contribution in [0.3, 0.4) is 0 Å². The van der Waals surface area contributed by atoms with E-state index >= 15 is 0 Å². The zero-order valence-corrected chi connectivity index (χ0v) is 11.9. The first-order valence-corrected chi connectivity index (χ1v) is 7.06. The number of likely N-dealkylation sites (N-methyl/N-ethyl adjacent to an activating group) is 1. The highest BCUT2D eigenvalue weighted by atomic mass is 16.5. The minimum absolute atomic E-state index is 0.156. The van der Waals surface area contributed by atoms with Gasteiger partial charge in [-0.05, 0) is 19.9 Å². The molecule has 0 saturated carbocycles. The van der Waals surface area contributed by atoms with Crippen LogP contribution in [-0.2, 0) is 11.3 Å². The molecule has 1 aromatic carbocycles. The van der Waals surface area contributed by atoms with E-state index in [0.29, 0.717) is 6.04 Å². The zero-order chi connectivity index (χ0) is 13.4. The lowest BCUT2D eigenvalue weighted by molar-refractivity contribution is -0.905. The summed E-state index contributed by atoms with van der Waals surface area (Å²) < 4.78 is 8.14. The van der Waals surface area contributed by atoms with Crippen molar-refractivity contribution in [3.05, 3.63) is 30.0 Å². The Hall–Kier alpha value is -1.39. The predicted molar refractivity (Wildman–Crippen MR) is 75.3 cm³/mol. The summed E-state index contributed by atoms with van der Waals surface area (Å²) >= 11 is 0. The van der Waals surface area contributed by atoms with E-state index in [9.17, 15) is 0 Å². The molecule has 0 bridgehead atoms. The number of hydrogen-bond donors (Lipinski definition) is 1. The Labute approximate surface area is 114 Å². The van der Waals surface area contributed by atoms with Crippen LogP contribution in [0.4, 0.5) is 0 Å². The number of fused-ring (bicyclic) bond motifs is 3. The summed E-state index contributed by atoms with van der Waals surface area (Å²) in [5, 5.41) is 5.92. The normalized spacial score (nSPS) is 20.7. The minimum Gasteiger partial charge on any atom is -0.364 e. The average Bonchev–Trinajstić information content (AvgIpc) is 2.77. The number of benzene rings is 1. The Morgan fingerprint density at radius 1 is 1.42 bits per heavy atom. The number of aromatic nitrogens is 2. The Morgan fingerprint density at radius 2 is 2.21 bits per heavy atom. The summed E-state index contributed by atoms with van der Waals surface area (Å²) in [4.78, 5) is 1.49. The van der Waals surface area contributed by atoms with E-state index in [1.54, 1.807) is 0 Å². The fourth-order valence-corrected chi connectivity index (χ4v) is 2.65. The Morgan fingerprint density at radius 3 is 3.00 bits per heavy atom. The quantitative estimate of drug-likeness (QED) is 0.894. The van der Waals surface area contributed by atoms with Crippen LogP contribution < -0.4 is 4.90 Å². The van der Waals surface area contributed by atoms with Gasteiger partial charge in [0.25, 0.3) is 0 Å². The number of nitrogens with zero attached hydrogens (tertiary/aromatic N) is 2. The molecule has 19 heavy (non-hydrogen) atoms. The first kappa shape index (κ1) is 12.6. The number of rotatable bonds is 3. The topological polar surface area (TPSA) is 31.5 Å². The highest BCUT2D eigenvalue weighted by Gasteiger charge is 2.28. The van der Waals surface area contributed by atoms with Gasteiger partial charge in [0, 0.05) is 5.39 Å². The largest absolute Gasteiger partial charge is 0.364 e. The van der Waals surface area contributed by atoms with Crippen molar-refractivity contribution >= 4 is 10.9 Å². The first-order valence-electron chi connectivity index (χ1n) is 7.06. The third-order valence-corrected chi connectivity index (χ3v) is 4.11. The van der Waals surface area contributed by atoms with Gasteiger partial charge >= 0.3 is 0 Å². The molecule has 1 N–H and O–H groups in total. The number of nitrogens with one attached hydrogen (secondary N) is 1. The maximum atomic E-state index is 6.01. The molecule has 1 aliphatic heterocycles. The van der Waals surface area contributed by atoms with Gasteiger partial charge in [0.1, 0.15) is 12.6 Å². The van der Waals surface area contributed by atoms with Crippen LogP contribution in [0.1, 0.15) is 25.6 Å². The molecule has 2 unspecified atom stereocenters. The molecule has 0 aliphatic carbocycles. The second kappa shape index (κ2) is 4.94. The molecule has 2 atom stereocenters. The van der Waals surface area contributed by atoms with Gasteiger partial charge < -0.3 is 9.64 Å². The Kier molecular flexibility index (Phi) is 3.29. The van der Waals surface area contributed by atoms with Crippen molar-refractivity contribution < 1.29 is 9.64 Å². The van der Waals surface area contributed by atoms with Crippen LogP contribution in [-0.4, -0.2) is 36.0 Å². The van der Waals surface area contributed by atoms with Crippen molar-refractivity contribution in [3.8, 4) is 0 Å². The van der Waals surface area contributed by atoms with Gasteiger partial charge in [0.05, 0.1) is 37.5 Å². The SMILES string of the molecule is CC(C)[NH+](C)CC1OCCn2nc3ccccc3c21. The number of quaternary nitrogens is 1. The summed E-state index contributed by atoms with van der Waals surface area (Å²) in [5.74, 6) is 0. The van der Waals surface area contributed by atoms with E-state index in [2.05, 4.69) is 48.9 Å². The third-order valence-electron chi connectivity index (χ3n) is 4.11. The Balaban J connectivity index is 1.98. The summed E-state index contributed by atoms with van der Waals surface area (Å²) in [6.45, 7) is 7.10. The van der Waals surface area contributed by atoms with Gasteiger partial charge in [-0.25, -0.2) is 0 Å². The molecule has 2 aromatic rings. The van der Waals surface area contributed by atoms with Crippen LogP contribution in [0.5, 0.6) is 0 Å². The van der Waals surface area contributed by atoms with Crippen LogP contribution in [0, 0.1) is 0 Å². The molecule has 0 amide bonds. The van der Waals surface area contributed by atoms with Crippen LogP contribution in [0.15, 0.2) is 24.3 Å². The molecule has 4 nitrogen and oxygen atoms in total. The van der Waals surface area contributed by atoms with Crippen molar-refractivity contribution in [1.82, 2.24) is 9.78 Å². The van der Waals surface area contributed by atoms with Gasteiger partial charge in [0.15, 0.2) is 0 Å². The van der Waals surface area contributed by atoms with Gasteiger partial charge in [-0.15, -0.1) is 0 Å². The van der Waals surface area contributed by atoms with Crippen molar-refractivity contribution in [3.63, 3.8) is 0 Å². The summed E-state index contributed by atoms with van der Waals surface area (Å²) in [6, 6.07) is 8.96. The predicted octanol–water partition coefficient (Wildman–Crippen LogP) is 1.03. The minimum atomic E-state index is 0.156. The van der Waals surface area contributed by atoms with Crippen LogP contribution >= 0.6 is 0 Å². The van der Waals surface area contributed by atoms with E-state index in [4.69, 9.17) is 4.74 Å². The molecule has 3 rings (SSSR count). The second-order valence-corrected chi connectivity index (χ2v) is 5.69. The molecule has 4 heteroatoms.